The number of fused-ring (bicyclic) bond motifs is 1. The second-order valence-electron chi connectivity index (χ2n) is 5.18. The fourth-order valence-corrected chi connectivity index (χ4v) is 2.72. The molecule has 2 heterocycles. The molecule has 3 rings (SSSR count). The van der Waals surface area contributed by atoms with Crippen molar-refractivity contribution < 1.29 is 0 Å². The molecule has 1 aromatic carbocycles. The summed E-state index contributed by atoms with van der Waals surface area (Å²) in [5.74, 6) is 1.23. The minimum atomic E-state index is 0.286. The van der Waals surface area contributed by atoms with Crippen LogP contribution in [0.15, 0.2) is 47.8 Å². The Hall–Kier alpha value is -2.59. The van der Waals surface area contributed by atoms with Crippen LogP contribution in [0.25, 0.3) is 10.4 Å². The molecule has 6 nitrogen and oxygen atoms in total. The van der Waals surface area contributed by atoms with Crippen molar-refractivity contribution >= 4 is 5.82 Å². The van der Waals surface area contributed by atoms with Crippen molar-refractivity contribution in [2.45, 2.75) is 13.0 Å². The molecule has 1 aromatic heterocycles. The van der Waals surface area contributed by atoms with E-state index in [9.17, 15) is 0 Å². The zero-order valence-corrected chi connectivity index (χ0v) is 11.6. The lowest BCUT2D eigenvalue weighted by atomic mass is 9.97. The predicted molar refractivity (Wildman–Crippen MR) is 80.7 cm³/mol. The summed E-state index contributed by atoms with van der Waals surface area (Å²) in [6.45, 7) is 2.12. The molecule has 0 saturated heterocycles. The monoisotopic (exact) mass is 280 g/mol. The summed E-state index contributed by atoms with van der Waals surface area (Å²) in [6, 6.07) is 10.3. The summed E-state index contributed by atoms with van der Waals surface area (Å²) in [6.07, 6.45) is 4.26. The number of azide groups is 1. The van der Waals surface area contributed by atoms with Gasteiger partial charge < -0.3 is 4.90 Å². The molecule has 106 valence electrons. The molecule has 6 heteroatoms. The maximum absolute atomic E-state index is 8.51. The normalized spacial score (nSPS) is 17.0. The van der Waals surface area contributed by atoms with Crippen molar-refractivity contribution in [1.82, 2.24) is 9.97 Å². The maximum atomic E-state index is 8.51. The maximum Gasteiger partial charge on any atom is 0.150 e. The van der Waals surface area contributed by atoms with Gasteiger partial charge in [0.25, 0.3) is 0 Å². The summed E-state index contributed by atoms with van der Waals surface area (Å²) < 4.78 is 0. The lowest BCUT2D eigenvalue weighted by Crippen LogP contribution is -2.37. The Labute approximate surface area is 123 Å². The second kappa shape index (κ2) is 6.24. The smallest absolute Gasteiger partial charge is 0.150 e. The van der Waals surface area contributed by atoms with Crippen LogP contribution in [0.2, 0.25) is 0 Å². The molecule has 0 N–H and O–H groups in total. The number of nitrogens with zero attached hydrogens (tertiary/aromatic N) is 6. The highest BCUT2D eigenvalue weighted by molar-refractivity contribution is 5.46. The zero-order chi connectivity index (χ0) is 14.5. The number of rotatable bonds is 4. The predicted octanol–water partition coefficient (Wildman–Crippen LogP) is 2.97. The van der Waals surface area contributed by atoms with Crippen molar-refractivity contribution in [3.8, 4) is 0 Å². The van der Waals surface area contributed by atoms with Gasteiger partial charge in [-0.3, -0.25) is 4.98 Å². The molecule has 0 saturated carbocycles. The summed E-state index contributed by atoms with van der Waals surface area (Å²) in [7, 11) is 0. The van der Waals surface area contributed by atoms with Crippen LogP contribution in [-0.2, 0) is 13.0 Å². The van der Waals surface area contributed by atoms with Crippen LogP contribution < -0.4 is 4.90 Å². The van der Waals surface area contributed by atoms with E-state index in [0.717, 1.165) is 31.0 Å². The van der Waals surface area contributed by atoms with Crippen molar-refractivity contribution in [2.24, 2.45) is 11.0 Å². The summed E-state index contributed by atoms with van der Waals surface area (Å²) >= 11 is 0. The fourth-order valence-electron chi connectivity index (χ4n) is 2.72. The number of hydrogen-bond donors (Lipinski definition) is 0. The quantitative estimate of drug-likeness (QED) is 0.490. The average molecular weight is 280 g/mol. The first-order chi connectivity index (χ1) is 10.4. The molecule has 1 unspecified atom stereocenters. The van der Waals surface area contributed by atoms with E-state index in [1.165, 1.54) is 5.56 Å². The first-order valence-electron chi connectivity index (χ1n) is 6.96. The highest BCUT2D eigenvalue weighted by Crippen LogP contribution is 2.27. The van der Waals surface area contributed by atoms with Gasteiger partial charge >= 0.3 is 0 Å². The van der Waals surface area contributed by atoms with Crippen LogP contribution in [0.5, 0.6) is 0 Å². The minimum Gasteiger partial charge on any atom is -0.350 e. The van der Waals surface area contributed by atoms with Crippen molar-refractivity contribution in [3.05, 3.63) is 64.4 Å². The van der Waals surface area contributed by atoms with Crippen molar-refractivity contribution in [2.75, 3.05) is 18.0 Å². The van der Waals surface area contributed by atoms with E-state index in [0.29, 0.717) is 6.54 Å². The van der Waals surface area contributed by atoms with Gasteiger partial charge in [0.2, 0.25) is 0 Å². The summed E-state index contributed by atoms with van der Waals surface area (Å²) in [5, 5.41) is 3.72. The van der Waals surface area contributed by atoms with Gasteiger partial charge in [0, 0.05) is 36.9 Å². The average Bonchev–Trinajstić information content (AvgIpc) is 2.54. The van der Waals surface area contributed by atoms with Crippen LogP contribution in [0.3, 0.4) is 0 Å². The number of hydrogen-bond acceptors (Lipinski definition) is 4. The third-order valence-corrected chi connectivity index (χ3v) is 3.63. The Bertz CT molecular complexity index is 650. The Morgan fingerprint density at radius 1 is 1.24 bits per heavy atom. The van der Waals surface area contributed by atoms with Crippen LogP contribution in [0.4, 0.5) is 5.82 Å². The molecule has 0 fully saturated rings. The summed E-state index contributed by atoms with van der Waals surface area (Å²) in [5.41, 5.74) is 10.7. The topological polar surface area (TPSA) is 77.8 Å². The molecular formula is C15H16N6. The fraction of sp³-hybridized carbons (Fsp3) is 0.333. The Morgan fingerprint density at radius 2 is 2.05 bits per heavy atom. The zero-order valence-electron chi connectivity index (χ0n) is 11.6. The van der Waals surface area contributed by atoms with Gasteiger partial charge in [-0.1, -0.05) is 35.4 Å². The molecule has 1 aliphatic heterocycles. The number of anilines is 1. The molecule has 0 spiro atoms. The second-order valence-corrected chi connectivity index (χ2v) is 5.18. The van der Waals surface area contributed by atoms with Crippen LogP contribution in [0.1, 0.15) is 11.3 Å². The first kappa shape index (κ1) is 13.4. The minimum absolute atomic E-state index is 0.286. The van der Waals surface area contributed by atoms with Crippen LogP contribution >= 0.6 is 0 Å². The molecule has 21 heavy (non-hydrogen) atoms. The van der Waals surface area contributed by atoms with E-state index >= 15 is 0 Å². The molecular weight excluding hydrogens is 264 g/mol. The van der Waals surface area contributed by atoms with Gasteiger partial charge in [-0.05, 0) is 23.4 Å². The van der Waals surface area contributed by atoms with Crippen LogP contribution in [-0.4, -0.2) is 23.1 Å². The van der Waals surface area contributed by atoms with E-state index in [-0.39, 0.29) is 5.92 Å². The van der Waals surface area contributed by atoms with Gasteiger partial charge in [-0.2, -0.15) is 0 Å². The Balaban J connectivity index is 1.85. The number of benzene rings is 1. The molecule has 0 radical (unpaired) electrons. The van der Waals surface area contributed by atoms with E-state index in [4.69, 9.17) is 5.53 Å². The van der Waals surface area contributed by atoms with E-state index in [1.54, 1.807) is 12.4 Å². The van der Waals surface area contributed by atoms with E-state index in [1.807, 2.05) is 18.2 Å². The standard InChI is InChI=1S/C15H16N6/c16-20-19-9-13-8-14-15(18-7-6-17-14)21(11-13)10-12-4-2-1-3-5-12/h1-7,13H,8-11H2. The SMILES string of the molecule is [N-]=[N+]=NCC1Cc2nccnc2N(Cc2ccccc2)C1. The third-order valence-electron chi connectivity index (χ3n) is 3.63. The first-order valence-corrected chi connectivity index (χ1v) is 6.96. The van der Waals surface area contributed by atoms with E-state index < -0.39 is 0 Å². The Kier molecular flexibility index (Phi) is 3.98. The largest absolute Gasteiger partial charge is 0.350 e. The third kappa shape index (κ3) is 3.12. The van der Waals surface area contributed by atoms with Gasteiger partial charge in [0.1, 0.15) is 0 Å². The molecule has 1 atom stereocenters. The van der Waals surface area contributed by atoms with Gasteiger partial charge in [0.15, 0.2) is 5.82 Å². The molecule has 0 amide bonds. The van der Waals surface area contributed by atoms with Crippen molar-refractivity contribution in [3.63, 3.8) is 0 Å². The highest BCUT2D eigenvalue weighted by Gasteiger charge is 2.25. The van der Waals surface area contributed by atoms with Gasteiger partial charge in [-0.25, -0.2) is 4.98 Å². The Morgan fingerprint density at radius 3 is 2.86 bits per heavy atom. The molecule has 1 aliphatic rings. The molecule has 0 bridgehead atoms. The number of aromatic nitrogens is 2. The van der Waals surface area contributed by atoms with Gasteiger partial charge in [0.05, 0.1) is 5.69 Å². The van der Waals surface area contributed by atoms with Gasteiger partial charge in [-0.15, -0.1) is 0 Å². The molecule has 2 aromatic rings. The van der Waals surface area contributed by atoms with E-state index in [2.05, 4.69) is 37.0 Å². The van der Waals surface area contributed by atoms with Crippen LogP contribution in [0, 0.1) is 5.92 Å². The van der Waals surface area contributed by atoms with Crippen molar-refractivity contribution in [1.29, 1.82) is 0 Å². The molecule has 0 aliphatic carbocycles. The lowest BCUT2D eigenvalue weighted by molar-refractivity contribution is 0.484. The lowest BCUT2D eigenvalue weighted by Gasteiger charge is -2.33. The summed E-state index contributed by atoms with van der Waals surface area (Å²) in [4.78, 5) is 14.0. The highest BCUT2D eigenvalue weighted by atomic mass is 15.2.